The molecule has 0 amide bonds. The number of nitrogens with zero attached hydrogens (tertiary/aromatic N) is 1. The van der Waals surface area contributed by atoms with Crippen molar-refractivity contribution >= 4 is 32.6 Å². The molecule has 0 spiro atoms. The van der Waals surface area contributed by atoms with Crippen LogP contribution in [-0.2, 0) is 10.0 Å². The fraction of sp³-hybridized carbons (Fsp3) is 0.625. The van der Waals surface area contributed by atoms with Crippen molar-refractivity contribution in [3.8, 4) is 0 Å². The second-order valence-electron chi connectivity index (χ2n) is 3.54. The molecule has 0 saturated heterocycles. The number of hydrogen-bond acceptors (Lipinski definition) is 3. The molecule has 5 nitrogen and oxygen atoms in total. The fourth-order valence-corrected chi connectivity index (χ4v) is 3.82. The van der Waals surface area contributed by atoms with Crippen LogP contribution in [0, 0.1) is 5.92 Å². The van der Waals surface area contributed by atoms with E-state index < -0.39 is 10.0 Å². The number of aromatic amines is 1. The summed E-state index contributed by atoms with van der Waals surface area (Å²) in [5.74, 6) is 0.264. The molecule has 7 heteroatoms. The van der Waals surface area contributed by atoms with Gasteiger partial charge in [0.2, 0.25) is 0 Å². The van der Waals surface area contributed by atoms with E-state index in [9.17, 15) is 8.42 Å². The molecule has 86 valence electrons. The Balaban J connectivity index is 2.81. The van der Waals surface area contributed by atoms with Gasteiger partial charge in [0, 0.05) is 10.5 Å². The molecule has 0 fully saturated rings. The molecular formula is C8H14IN3O2S. The van der Waals surface area contributed by atoms with Crippen LogP contribution < -0.4 is 4.72 Å². The summed E-state index contributed by atoms with van der Waals surface area (Å²) in [6.45, 7) is 3.97. The van der Waals surface area contributed by atoms with Crippen LogP contribution >= 0.6 is 22.6 Å². The topological polar surface area (TPSA) is 74.8 Å². The molecule has 1 atom stereocenters. The zero-order chi connectivity index (χ0) is 11.5. The number of alkyl halides is 1. The Kier molecular flexibility index (Phi) is 4.53. The maximum absolute atomic E-state index is 11.8. The lowest BCUT2D eigenvalue weighted by atomic mass is 10.1. The first kappa shape index (κ1) is 12.9. The van der Waals surface area contributed by atoms with Crippen LogP contribution in [0.4, 0.5) is 0 Å². The highest BCUT2D eigenvalue weighted by Gasteiger charge is 2.22. The molecule has 1 unspecified atom stereocenters. The van der Waals surface area contributed by atoms with Crippen LogP contribution in [0.5, 0.6) is 0 Å². The van der Waals surface area contributed by atoms with E-state index in [1.807, 2.05) is 13.8 Å². The summed E-state index contributed by atoms with van der Waals surface area (Å²) in [4.78, 5) is 6.27. The van der Waals surface area contributed by atoms with Gasteiger partial charge in [0.1, 0.15) is 0 Å². The zero-order valence-corrected chi connectivity index (χ0v) is 11.5. The number of rotatable bonds is 5. The number of hydrogen-bond donors (Lipinski definition) is 2. The maximum atomic E-state index is 11.8. The molecule has 1 aromatic rings. The van der Waals surface area contributed by atoms with Crippen molar-refractivity contribution in [1.29, 1.82) is 0 Å². The quantitative estimate of drug-likeness (QED) is 0.622. The van der Waals surface area contributed by atoms with E-state index in [0.717, 1.165) is 4.43 Å². The van der Waals surface area contributed by atoms with Crippen molar-refractivity contribution in [2.45, 2.75) is 24.9 Å². The lowest BCUT2D eigenvalue weighted by molar-refractivity contribution is 0.485. The van der Waals surface area contributed by atoms with Gasteiger partial charge in [-0.2, -0.15) is 0 Å². The number of imidazole rings is 1. The Morgan fingerprint density at radius 3 is 2.67 bits per heavy atom. The van der Waals surface area contributed by atoms with E-state index in [0.29, 0.717) is 0 Å². The standard InChI is InChI=1S/C8H14IN3O2S/c1-6(2)7(3-9)12-15(13,14)8-4-10-5-11-8/h4-7,12H,3H2,1-2H3,(H,10,11). The minimum absolute atomic E-state index is 0.0566. The Hall–Kier alpha value is -0.150. The van der Waals surface area contributed by atoms with Gasteiger partial charge in [-0.05, 0) is 5.92 Å². The third kappa shape index (κ3) is 3.42. The van der Waals surface area contributed by atoms with Crippen LogP contribution in [0.25, 0.3) is 0 Å². The molecule has 15 heavy (non-hydrogen) atoms. The van der Waals surface area contributed by atoms with Crippen molar-refractivity contribution in [3.05, 3.63) is 12.5 Å². The molecule has 1 heterocycles. The van der Waals surface area contributed by atoms with Crippen molar-refractivity contribution < 1.29 is 8.42 Å². The predicted octanol–water partition coefficient (Wildman–Crippen LogP) is 1.15. The van der Waals surface area contributed by atoms with E-state index in [1.165, 1.54) is 12.5 Å². The zero-order valence-electron chi connectivity index (χ0n) is 8.57. The molecule has 0 aliphatic rings. The van der Waals surface area contributed by atoms with E-state index in [4.69, 9.17) is 0 Å². The second kappa shape index (κ2) is 5.26. The largest absolute Gasteiger partial charge is 0.335 e. The Labute approximate surface area is 103 Å². The van der Waals surface area contributed by atoms with Crippen molar-refractivity contribution in [3.63, 3.8) is 0 Å². The highest BCUT2D eigenvalue weighted by molar-refractivity contribution is 14.1. The summed E-state index contributed by atoms with van der Waals surface area (Å²) in [5, 5.41) is 0.109. The molecule has 0 aromatic carbocycles. The van der Waals surface area contributed by atoms with Gasteiger partial charge in [0.15, 0.2) is 5.03 Å². The van der Waals surface area contributed by atoms with Gasteiger partial charge in [0.25, 0.3) is 10.0 Å². The number of H-pyrrole nitrogens is 1. The number of aromatic nitrogens is 2. The van der Waals surface area contributed by atoms with Crippen LogP contribution in [0.3, 0.4) is 0 Å². The van der Waals surface area contributed by atoms with Gasteiger partial charge < -0.3 is 4.98 Å². The Morgan fingerprint density at radius 2 is 2.27 bits per heavy atom. The summed E-state index contributed by atoms with van der Waals surface area (Å²) < 4.78 is 26.9. The predicted molar refractivity (Wildman–Crippen MR) is 66.4 cm³/mol. The summed E-state index contributed by atoms with van der Waals surface area (Å²) in [5.41, 5.74) is 0. The lowest BCUT2D eigenvalue weighted by Crippen LogP contribution is -2.39. The molecular weight excluding hydrogens is 329 g/mol. The fourth-order valence-electron chi connectivity index (χ4n) is 0.999. The number of halogens is 1. The third-order valence-corrected chi connectivity index (χ3v) is 4.40. The van der Waals surface area contributed by atoms with Crippen molar-refractivity contribution in [1.82, 2.24) is 14.7 Å². The molecule has 1 rings (SSSR count). The molecule has 0 bridgehead atoms. The van der Waals surface area contributed by atoms with E-state index in [-0.39, 0.29) is 17.0 Å². The summed E-state index contributed by atoms with van der Waals surface area (Å²) >= 11 is 2.17. The molecule has 2 N–H and O–H groups in total. The van der Waals surface area contributed by atoms with Gasteiger partial charge in [-0.15, -0.1) is 0 Å². The van der Waals surface area contributed by atoms with Crippen LogP contribution in [-0.4, -0.2) is 28.9 Å². The average Bonchev–Trinajstić information content (AvgIpc) is 2.67. The summed E-state index contributed by atoms with van der Waals surface area (Å²) in [6.07, 6.45) is 2.65. The Bertz CT molecular complexity index is 388. The number of sulfonamides is 1. The second-order valence-corrected chi connectivity index (χ2v) is 6.11. The SMILES string of the molecule is CC(C)C(CI)NS(=O)(=O)c1cnc[nH]1. The van der Waals surface area contributed by atoms with Crippen LogP contribution in [0.1, 0.15) is 13.8 Å². The Morgan fingerprint density at radius 1 is 1.60 bits per heavy atom. The number of nitrogens with one attached hydrogen (secondary N) is 2. The molecule has 1 aromatic heterocycles. The van der Waals surface area contributed by atoms with E-state index in [2.05, 4.69) is 37.3 Å². The van der Waals surface area contributed by atoms with Crippen LogP contribution in [0.2, 0.25) is 0 Å². The first-order chi connectivity index (χ1) is 6.97. The minimum Gasteiger partial charge on any atom is -0.335 e. The van der Waals surface area contributed by atoms with Gasteiger partial charge in [0.05, 0.1) is 12.5 Å². The van der Waals surface area contributed by atoms with Crippen molar-refractivity contribution in [2.24, 2.45) is 5.92 Å². The highest BCUT2D eigenvalue weighted by atomic mass is 127. The highest BCUT2D eigenvalue weighted by Crippen LogP contribution is 2.10. The molecule has 0 aliphatic carbocycles. The van der Waals surface area contributed by atoms with Crippen molar-refractivity contribution in [2.75, 3.05) is 4.43 Å². The lowest BCUT2D eigenvalue weighted by Gasteiger charge is -2.19. The van der Waals surface area contributed by atoms with Gasteiger partial charge in [-0.3, -0.25) is 0 Å². The van der Waals surface area contributed by atoms with Gasteiger partial charge in [-0.25, -0.2) is 18.1 Å². The smallest absolute Gasteiger partial charge is 0.257 e. The van der Waals surface area contributed by atoms with Crippen LogP contribution in [0.15, 0.2) is 17.6 Å². The molecule has 0 aliphatic heterocycles. The first-order valence-corrected chi connectivity index (χ1v) is 7.55. The average molecular weight is 343 g/mol. The van der Waals surface area contributed by atoms with Gasteiger partial charge >= 0.3 is 0 Å². The first-order valence-electron chi connectivity index (χ1n) is 4.54. The maximum Gasteiger partial charge on any atom is 0.257 e. The minimum atomic E-state index is -3.45. The van der Waals surface area contributed by atoms with E-state index >= 15 is 0 Å². The third-order valence-electron chi connectivity index (χ3n) is 2.04. The monoisotopic (exact) mass is 343 g/mol. The van der Waals surface area contributed by atoms with E-state index in [1.54, 1.807) is 0 Å². The summed E-state index contributed by atoms with van der Waals surface area (Å²) in [7, 11) is -3.45. The normalized spacial score (nSPS) is 14.4. The molecule has 0 saturated carbocycles. The van der Waals surface area contributed by atoms with Gasteiger partial charge in [-0.1, -0.05) is 36.4 Å². The molecule has 0 radical (unpaired) electrons. The summed E-state index contributed by atoms with van der Waals surface area (Å²) in [6, 6.07) is -0.0566.